The summed E-state index contributed by atoms with van der Waals surface area (Å²) in [5.74, 6) is -5.61. The molecule has 0 saturated heterocycles. The van der Waals surface area contributed by atoms with Gasteiger partial charge >= 0.3 is 12.1 Å². The molecule has 1 aromatic heterocycles. The summed E-state index contributed by atoms with van der Waals surface area (Å²) >= 11 is 0. The van der Waals surface area contributed by atoms with Crippen LogP contribution in [0.15, 0.2) is 48.5 Å². The first-order valence-electron chi connectivity index (χ1n) is 10.3. The lowest BCUT2D eigenvalue weighted by Crippen LogP contribution is -2.41. The molecule has 2 aromatic carbocycles. The van der Waals surface area contributed by atoms with E-state index in [4.69, 9.17) is 9.94 Å². The number of aliphatic hydroxyl groups is 1. The molecule has 10 nitrogen and oxygen atoms in total. The quantitative estimate of drug-likeness (QED) is 0.157. The average Bonchev–Trinajstić information content (AvgIpc) is 2.84. The van der Waals surface area contributed by atoms with Gasteiger partial charge in [-0.1, -0.05) is 18.2 Å². The highest BCUT2D eigenvalue weighted by Crippen LogP contribution is 2.29. The van der Waals surface area contributed by atoms with Gasteiger partial charge in [0.05, 0.1) is 17.6 Å². The van der Waals surface area contributed by atoms with Crippen molar-refractivity contribution in [2.24, 2.45) is 0 Å². The van der Waals surface area contributed by atoms with Gasteiger partial charge in [-0.15, -0.1) is 0 Å². The van der Waals surface area contributed by atoms with Gasteiger partial charge in [-0.05, 0) is 31.2 Å². The number of aliphatic hydroxyl groups excluding tert-OH is 1. The third kappa shape index (κ3) is 6.46. The Morgan fingerprint density at radius 1 is 1.11 bits per heavy atom. The molecule has 190 valence electrons. The summed E-state index contributed by atoms with van der Waals surface area (Å²) in [6.07, 6.45) is -7.19. The maximum atomic E-state index is 12.8. The average molecular weight is 507 g/mol. The number of amides is 2. The number of esters is 1. The van der Waals surface area contributed by atoms with Gasteiger partial charge in [0.2, 0.25) is 0 Å². The Hall–Kier alpha value is -4.23. The largest absolute Gasteiger partial charge is 0.491 e. The summed E-state index contributed by atoms with van der Waals surface area (Å²) < 4.78 is 48.5. The summed E-state index contributed by atoms with van der Waals surface area (Å²) in [5, 5.41) is 20.9. The summed E-state index contributed by atoms with van der Waals surface area (Å²) in [5.41, 5.74) is 2.86. The van der Waals surface area contributed by atoms with E-state index in [9.17, 15) is 32.7 Å². The molecule has 0 aliphatic rings. The molecular formula is C23H20F3N3O7. The molecule has 0 aliphatic heterocycles. The molecule has 0 fully saturated rings. The molecule has 1 atom stereocenters. The highest BCUT2D eigenvalue weighted by Gasteiger charge is 2.42. The Kier molecular flexibility index (Phi) is 8.07. The van der Waals surface area contributed by atoms with Crippen molar-refractivity contribution in [3.8, 4) is 11.5 Å². The molecule has 0 saturated carbocycles. The summed E-state index contributed by atoms with van der Waals surface area (Å²) in [7, 11) is 0. The fourth-order valence-electron chi connectivity index (χ4n) is 3.15. The number of hydrogen-bond donors (Lipinski definition) is 4. The van der Waals surface area contributed by atoms with E-state index in [1.165, 1.54) is 11.5 Å². The maximum absolute atomic E-state index is 12.8. The first-order valence-corrected chi connectivity index (χ1v) is 10.3. The molecule has 1 heterocycles. The van der Waals surface area contributed by atoms with Crippen LogP contribution in [0.4, 0.5) is 13.2 Å². The number of benzene rings is 2. The standard InChI is InChI=1S/C23H20F3N3O7/c1-12-8-13(15-4-2-3-5-17(15)28-12)11-35-14-6-7-16(19(9-14)36-22(33)23(24,25)26)20(31)27-10-18(30)21(32)29-34/h2-9,18,30,34H,10-11H2,1H3,(H,27,31)(H,29,32)/t18-/m1/s1. The van der Waals surface area contributed by atoms with E-state index in [2.05, 4.69) is 15.0 Å². The second-order valence-corrected chi connectivity index (χ2v) is 7.48. The van der Waals surface area contributed by atoms with Gasteiger partial charge in [-0.3, -0.25) is 19.8 Å². The molecule has 2 amide bonds. The van der Waals surface area contributed by atoms with Gasteiger partial charge in [0.15, 0.2) is 6.10 Å². The molecule has 36 heavy (non-hydrogen) atoms. The Morgan fingerprint density at radius 3 is 2.53 bits per heavy atom. The monoisotopic (exact) mass is 507 g/mol. The minimum atomic E-state index is -5.34. The number of alkyl halides is 3. The number of pyridine rings is 1. The second kappa shape index (κ2) is 11.0. The van der Waals surface area contributed by atoms with Crippen LogP contribution in [-0.4, -0.2) is 51.9 Å². The summed E-state index contributed by atoms with van der Waals surface area (Å²) in [4.78, 5) is 39.4. The summed E-state index contributed by atoms with van der Waals surface area (Å²) in [6.45, 7) is 1.09. The number of nitrogens with zero attached hydrogens (tertiary/aromatic N) is 1. The molecular weight excluding hydrogens is 487 g/mol. The zero-order valence-electron chi connectivity index (χ0n) is 18.6. The van der Waals surface area contributed by atoms with Crippen molar-refractivity contribution in [1.82, 2.24) is 15.8 Å². The van der Waals surface area contributed by atoms with Crippen LogP contribution < -0.4 is 20.3 Å². The van der Waals surface area contributed by atoms with Crippen molar-refractivity contribution in [1.29, 1.82) is 0 Å². The van der Waals surface area contributed by atoms with Crippen LogP contribution in [-0.2, 0) is 16.2 Å². The van der Waals surface area contributed by atoms with Crippen molar-refractivity contribution in [2.75, 3.05) is 6.54 Å². The number of hydroxylamine groups is 1. The van der Waals surface area contributed by atoms with E-state index in [0.717, 1.165) is 34.3 Å². The van der Waals surface area contributed by atoms with Gasteiger partial charge < -0.3 is 19.9 Å². The van der Waals surface area contributed by atoms with Gasteiger partial charge in [-0.2, -0.15) is 13.2 Å². The van der Waals surface area contributed by atoms with Crippen LogP contribution in [0, 0.1) is 6.92 Å². The Bertz CT molecular complexity index is 1300. The van der Waals surface area contributed by atoms with Crippen LogP contribution >= 0.6 is 0 Å². The predicted octanol–water partition coefficient (Wildman–Crippen LogP) is 2.19. The minimum absolute atomic E-state index is 0.00485. The molecule has 4 N–H and O–H groups in total. The van der Waals surface area contributed by atoms with E-state index in [0.29, 0.717) is 0 Å². The third-order valence-corrected chi connectivity index (χ3v) is 4.82. The fourth-order valence-corrected chi connectivity index (χ4v) is 3.15. The topological polar surface area (TPSA) is 147 Å². The van der Waals surface area contributed by atoms with Crippen LogP contribution in [0.2, 0.25) is 0 Å². The lowest BCUT2D eigenvalue weighted by molar-refractivity contribution is -0.189. The van der Waals surface area contributed by atoms with E-state index in [1.807, 2.05) is 24.3 Å². The van der Waals surface area contributed by atoms with E-state index in [-0.39, 0.29) is 12.4 Å². The van der Waals surface area contributed by atoms with Crippen molar-refractivity contribution < 1.29 is 47.3 Å². The number of hydrogen-bond acceptors (Lipinski definition) is 8. The third-order valence-electron chi connectivity index (χ3n) is 4.82. The molecule has 0 unspecified atom stereocenters. The zero-order valence-corrected chi connectivity index (χ0v) is 18.6. The zero-order chi connectivity index (χ0) is 26.5. The molecule has 0 spiro atoms. The maximum Gasteiger partial charge on any atom is 0.491 e. The van der Waals surface area contributed by atoms with Crippen molar-refractivity contribution in [3.05, 3.63) is 65.4 Å². The highest BCUT2D eigenvalue weighted by molar-refractivity contribution is 5.98. The lowest BCUT2D eigenvalue weighted by Gasteiger charge is -2.15. The molecule has 3 aromatic rings. The normalized spacial score (nSPS) is 12.1. The highest BCUT2D eigenvalue weighted by atomic mass is 19.4. The lowest BCUT2D eigenvalue weighted by atomic mass is 10.1. The predicted molar refractivity (Wildman–Crippen MR) is 117 cm³/mol. The summed E-state index contributed by atoms with van der Waals surface area (Å²) in [6, 6.07) is 12.3. The van der Waals surface area contributed by atoms with Crippen LogP contribution in [0.1, 0.15) is 21.6 Å². The second-order valence-electron chi connectivity index (χ2n) is 7.48. The number of rotatable bonds is 8. The number of fused-ring (bicyclic) bond motifs is 1. The van der Waals surface area contributed by atoms with Gasteiger partial charge in [0.1, 0.15) is 18.1 Å². The van der Waals surface area contributed by atoms with Gasteiger partial charge in [0.25, 0.3) is 11.8 Å². The number of halogens is 3. The molecule has 0 bridgehead atoms. The van der Waals surface area contributed by atoms with Crippen LogP contribution in [0.5, 0.6) is 11.5 Å². The van der Waals surface area contributed by atoms with E-state index < -0.39 is 47.9 Å². The molecule has 0 aliphatic carbocycles. The number of para-hydroxylation sites is 1. The Morgan fingerprint density at radius 2 is 1.83 bits per heavy atom. The molecule has 0 radical (unpaired) electrons. The number of ether oxygens (including phenoxy) is 2. The van der Waals surface area contributed by atoms with Gasteiger partial charge in [-0.25, -0.2) is 10.3 Å². The first kappa shape index (κ1) is 26.4. The van der Waals surface area contributed by atoms with Crippen molar-refractivity contribution in [2.45, 2.75) is 25.8 Å². The van der Waals surface area contributed by atoms with Crippen molar-refractivity contribution in [3.63, 3.8) is 0 Å². The number of carbonyl (C=O) groups excluding carboxylic acids is 3. The number of aromatic nitrogens is 1. The number of nitrogens with one attached hydrogen (secondary N) is 2. The SMILES string of the molecule is Cc1cc(COc2ccc(C(=O)NC[C@@H](O)C(=O)NO)c(OC(=O)C(F)(F)F)c2)c2ccccc2n1. The number of aryl methyl sites for hydroxylation is 1. The van der Waals surface area contributed by atoms with Crippen molar-refractivity contribution >= 4 is 28.7 Å². The van der Waals surface area contributed by atoms with Crippen LogP contribution in [0.3, 0.4) is 0 Å². The smallest absolute Gasteiger partial charge is 0.489 e. The van der Waals surface area contributed by atoms with Gasteiger partial charge in [0, 0.05) is 22.7 Å². The first-order chi connectivity index (χ1) is 17.0. The Balaban J connectivity index is 1.85. The fraction of sp³-hybridized carbons (Fsp3) is 0.217. The molecule has 13 heteroatoms. The molecule has 3 rings (SSSR count). The van der Waals surface area contributed by atoms with Crippen LogP contribution in [0.25, 0.3) is 10.9 Å². The number of carbonyl (C=O) groups is 3. The van der Waals surface area contributed by atoms with E-state index >= 15 is 0 Å². The minimum Gasteiger partial charge on any atom is -0.489 e. The Labute approximate surface area is 201 Å². The van der Waals surface area contributed by atoms with E-state index in [1.54, 1.807) is 13.0 Å².